The van der Waals surface area contributed by atoms with E-state index in [0.29, 0.717) is 23.9 Å². The SMILES string of the molecule is CC(N)C1CCCN(C(=O)CSc2cccc(C(F)(F)F)c2)C1.Cl. The largest absolute Gasteiger partial charge is 0.416 e. The van der Waals surface area contributed by atoms with Gasteiger partial charge in [-0.05, 0) is 43.9 Å². The van der Waals surface area contributed by atoms with Gasteiger partial charge in [0.1, 0.15) is 0 Å². The first-order chi connectivity index (χ1) is 10.8. The summed E-state index contributed by atoms with van der Waals surface area (Å²) in [6, 6.07) is 5.11. The van der Waals surface area contributed by atoms with E-state index < -0.39 is 11.7 Å². The van der Waals surface area contributed by atoms with E-state index in [2.05, 4.69) is 0 Å². The standard InChI is InChI=1S/C16H21F3N2OS.ClH/c1-11(20)12-4-3-7-21(9-12)15(22)10-23-14-6-2-5-13(8-14)16(17,18)19;/h2,5-6,8,11-12H,3-4,7,9-10,20H2,1H3;1H. The van der Waals surface area contributed by atoms with Crippen molar-refractivity contribution in [3.05, 3.63) is 29.8 Å². The van der Waals surface area contributed by atoms with E-state index in [4.69, 9.17) is 5.73 Å². The maximum Gasteiger partial charge on any atom is 0.416 e. The van der Waals surface area contributed by atoms with E-state index in [1.807, 2.05) is 6.92 Å². The average molecular weight is 383 g/mol. The molecule has 0 saturated carbocycles. The topological polar surface area (TPSA) is 46.3 Å². The van der Waals surface area contributed by atoms with Gasteiger partial charge >= 0.3 is 6.18 Å². The molecule has 2 N–H and O–H groups in total. The molecule has 0 spiro atoms. The Hall–Kier alpha value is -0.920. The number of amides is 1. The second-order valence-electron chi connectivity index (χ2n) is 5.92. The smallest absolute Gasteiger partial charge is 0.342 e. The lowest BCUT2D eigenvalue weighted by molar-refractivity contribution is -0.137. The third-order valence-corrected chi connectivity index (χ3v) is 5.06. The summed E-state index contributed by atoms with van der Waals surface area (Å²) in [5, 5.41) is 0. The zero-order valence-electron chi connectivity index (χ0n) is 13.4. The van der Waals surface area contributed by atoms with Crippen LogP contribution in [-0.4, -0.2) is 35.7 Å². The fraction of sp³-hybridized carbons (Fsp3) is 0.562. The molecule has 1 aromatic carbocycles. The van der Waals surface area contributed by atoms with Gasteiger partial charge in [0, 0.05) is 24.0 Å². The summed E-state index contributed by atoms with van der Waals surface area (Å²) >= 11 is 1.14. The van der Waals surface area contributed by atoms with E-state index in [1.54, 1.807) is 11.0 Å². The van der Waals surface area contributed by atoms with Crippen molar-refractivity contribution < 1.29 is 18.0 Å². The molecule has 1 aliphatic heterocycles. The zero-order valence-corrected chi connectivity index (χ0v) is 15.0. The number of nitrogens with zero attached hydrogens (tertiary/aromatic N) is 1. The molecule has 1 saturated heterocycles. The highest BCUT2D eigenvalue weighted by Crippen LogP contribution is 2.32. The van der Waals surface area contributed by atoms with Gasteiger partial charge in [-0.25, -0.2) is 0 Å². The number of thioether (sulfide) groups is 1. The van der Waals surface area contributed by atoms with Crippen molar-refractivity contribution in [3.8, 4) is 0 Å². The van der Waals surface area contributed by atoms with E-state index in [9.17, 15) is 18.0 Å². The molecule has 0 aromatic heterocycles. The Morgan fingerprint density at radius 1 is 1.46 bits per heavy atom. The Kier molecular flexibility index (Phi) is 7.89. The van der Waals surface area contributed by atoms with Gasteiger partial charge < -0.3 is 10.6 Å². The van der Waals surface area contributed by atoms with Gasteiger partial charge in [-0.2, -0.15) is 13.2 Å². The van der Waals surface area contributed by atoms with Crippen molar-refractivity contribution in [1.82, 2.24) is 4.90 Å². The van der Waals surface area contributed by atoms with Crippen LogP contribution in [0.4, 0.5) is 13.2 Å². The van der Waals surface area contributed by atoms with Crippen molar-refractivity contribution in [2.24, 2.45) is 11.7 Å². The summed E-state index contributed by atoms with van der Waals surface area (Å²) < 4.78 is 38.0. The number of piperidine rings is 1. The van der Waals surface area contributed by atoms with Crippen LogP contribution in [0.2, 0.25) is 0 Å². The maximum atomic E-state index is 12.7. The highest BCUT2D eigenvalue weighted by molar-refractivity contribution is 8.00. The third kappa shape index (κ3) is 5.86. The van der Waals surface area contributed by atoms with E-state index >= 15 is 0 Å². The third-order valence-electron chi connectivity index (χ3n) is 4.08. The second kappa shape index (κ2) is 8.97. The molecule has 8 heteroatoms. The molecule has 1 aromatic rings. The monoisotopic (exact) mass is 382 g/mol. The molecular formula is C16H22ClF3N2OS. The first kappa shape index (κ1) is 21.1. The Morgan fingerprint density at radius 2 is 2.17 bits per heavy atom. The zero-order chi connectivity index (χ0) is 17.0. The molecule has 1 aliphatic rings. The molecule has 2 unspecified atom stereocenters. The Balaban J connectivity index is 0.00000288. The van der Waals surface area contributed by atoms with Gasteiger partial charge in [-0.1, -0.05) is 6.07 Å². The number of carbonyl (C=O) groups is 1. The molecule has 0 aliphatic carbocycles. The van der Waals surface area contributed by atoms with Crippen molar-refractivity contribution in [3.63, 3.8) is 0 Å². The minimum atomic E-state index is -4.36. The minimum Gasteiger partial charge on any atom is -0.342 e. The second-order valence-corrected chi connectivity index (χ2v) is 6.96. The molecule has 136 valence electrons. The Labute approximate surface area is 150 Å². The van der Waals surface area contributed by atoms with Gasteiger partial charge in [-0.3, -0.25) is 4.79 Å². The summed E-state index contributed by atoms with van der Waals surface area (Å²) in [5.41, 5.74) is 5.21. The number of rotatable bonds is 4. The lowest BCUT2D eigenvalue weighted by Crippen LogP contribution is -2.45. The van der Waals surface area contributed by atoms with Crippen LogP contribution in [0.1, 0.15) is 25.3 Å². The number of hydrogen-bond donors (Lipinski definition) is 1. The van der Waals surface area contributed by atoms with E-state index in [-0.39, 0.29) is 30.1 Å². The molecule has 1 fully saturated rings. The predicted molar refractivity (Wildman–Crippen MR) is 92.4 cm³/mol. The summed E-state index contributed by atoms with van der Waals surface area (Å²) in [6.07, 6.45) is -2.42. The maximum absolute atomic E-state index is 12.7. The van der Waals surface area contributed by atoms with Gasteiger partial charge in [0.05, 0.1) is 11.3 Å². The molecule has 2 rings (SSSR count). The number of carbonyl (C=O) groups excluding carboxylic acids is 1. The number of nitrogens with two attached hydrogens (primary N) is 1. The lowest BCUT2D eigenvalue weighted by Gasteiger charge is -2.34. The Morgan fingerprint density at radius 3 is 2.79 bits per heavy atom. The fourth-order valence-electron chi connectivity index (χ4n) is 2.66. The molecule has 2 atom stereocenters. The predicted octanol–water partition coefficient (Wildman–Crippen LogP) is 3.81. The van der Waals surface area contributed by atoms with Crippen molar-refractivity contribution in [2.45, 2.75) is 36.9 Å². The molecule has 0 bridgehead atoms. The number of halogens is 4. The summed E-state index contributed by atoms with van der Waals surface area (Å²) in [5.74, 6) is 0.400. The number of hydrogen-bond acceptors (Lipinski definition) is 3. The molecule has 3 nitrogen and oxygen atoms in total. The minimum absolute atomic E-state index is 0. The number of alkyl halides is 3. The van der Waals surface area contributed by atoms with Crippen molar-refractivity contribution >= 4 is 30.1 Å². The van der Waals surface area contributed by atoms with Crippen LogP contribution < -0.4 is 5.73 Å². The van der Waals surface area contributed by atoms with Crippen LogP contribution >= 0.6 is 24.2 Å². The van der Waals surface area contributed by atoms with E-state index in [1.165, 1.54) is 6.07 Å². The average Bonchev–Trinajstić information content (AvgIpc) is 2.52. The fourth-order valence-corrected chi connectivity index (χ4v) is 3.52. The first-order valence-corrected chi connectivity index (χ1v) is 8.59. The molecule has 1 heterocycles. The Bertz CT molecular complexity index is 554. The quantitative estimate of drug-likeness (QED) is 0.805. The van der Waals surface area contributed by atoms with E-state index in [0.717, 1.165) is 36.7 Å². The first-order valence-electron chi connectivity index (χ1n) is 7.61. The van der Waals surface area contributed by atoms with Gasteiger partial charge in [0.15, 0.2) is 0 Å². The normalized spacial score (nSPS) is 19.5. The van der Waals surface area contributed by atoms with Crippen LogP contribution in [0.3, 0.4) is 0 Å². The molecule has 1 amide bonds. The summed E-state index contributed by atoms with van der Waals surface area (Å²) in [4.78, 5) is 14.5. The number of benzene rings is 1. The van der Waals surface area contributed by atoms with Crippen molar-refractivity contribution in [1.29, 1.82) is 0 Å². The van der Waals surface area contributed by atoms with Gasteiger partial charge in [0.25, 0.3) is 0 Å². The molecular weight excluding hydrogens is 361 g/mol. The number of likely N-dealkylation sites (tertiary alicyclic amines) is 1. The molecule has 24 heavy (non-hydrogen) atoms. The van der Waals surface area contributed by atoms with Crippen LogP contribution in [0, 0.1) is 5.92 Å². The van der Waals surface area contributed by atoms with Crippen LogP contribution in [0.25, 0.3) is 0 Å². The van der Waals surface area contributed by atoms with Crippen LogP contribution in [0.5, 0.6) is 0 Å². The highest BCUT2D eigenvalue weighted by Gasteiger charge is 2.30. The lowest BCUT2D eigenvalue weighted by atomic mass is 9.92. The van der Waals surface area contributed by atoms with Gasteiger partial charge in [0.2, 0.25) is 5.91 Å². The van der Waals surface area contributed by atoms with Crippen LogP contribution in [-0.2, 0) is 11.0 Å². The summed E-state index contributed by atoms with van der Waals surface area (Å²) in [6.45, 7) is 3.28. The summed E-state index contributed by atoms with van der Waals surface area (Å²) in [7, 11) is 0. The van der Waals surface area contributed by atoms with Gasteiger partial charge in [-0.15, -0.1) is 24.2 Å². The van der Waals surface area contributed by atoms with Crippen LogP contribution in [0.15, 0.2) is 29.2 Å². The molecule has 0 radical (unpaired) electrons. The highest BCUT2D eigenvalue weighted by atomic mass is 35.5. The van der Waals surface area contributed by atoms with Crippen molar-refractivity contribution in [2.75, 3.05) is 18.8 Å².